The van der Waals surface area contributed by atoms with Crippen LogP contribution in [0.4, 0.5) is 0 Å². The maximum atomic E-state index is 9.23. The maximum absolute atomic E-state index is 9.23. The molecule has 0 aromatic heterocycles. The first-order valence-corrected chi connectivity index (χ1v) is 6.38. The molecule has 0 aromatic rings. The fourth-order valence-electron chi connectivity index (χ4n) is 1.29. The number of hydrogen-bond acceptors (Lipinski definition) is 3. The predicted octanol–water partition coefficient (Wildman–Crippen LogP) is 2.25. The third-order valence-corrected chi connectivity index (χ3v) is 2.01. The van der Waals surface area contributed by atoms with Crippen molar-refractivity contribution in [3.05, 3.63) is 48.5 Å². The van der Waals surface area contributed by atoms with E-state index in [1.54, 1.807) is 18.2 Å². The van der Waals surface area contributed by atoms with Crippen LogP contribution in [0.25, 0.3) is 0 Å². The quantitative estimate of drug-likeness (QED) is 0.352. The van der Waals surface area contributed by atoms with Gasteiger partial charge < -0.3 is 15.4 Å². The van der Waals surface area contributed by atoms with Crippen molar-refractivity contribution >= 4 is 7.12 Å². The maximum Gasteiger partial charge on any atom is 0.488 e. The van der Waals surface area contributed by atoms with Gasteiger partial charge in [0.05, 0.1) is 0 Å². The molecule has 0 bridgehead atoms. The van der Waals surface area contributed by atoms with Gasteiger partial charge in [-0.15, -0.1) is 0 Å². The second kappa shape index (κ2) is 14.0. The van der Waals surface area contributed by atoms with E-state index < -0.39 is 7.12 Å². The van der Waals surface area contributed by atoms with Crippen LogP contribution in [-0.4, -0.2) is 30.3 Å². The third-order valence-electron chi connectivity index (χ3n) is 2.01. The Morgan fingerprint density at radius 3 is 2.11 bits per heavy atom. The van der Waals surface area contributed by atoms with Gasteiger partial charge in [-0.05, 0) is 24.0 Å². The summed E-state index contributed by atoms with van der Waals surface area (Å²) in [7, 11) is -1.49. The SMILES string of the molecule is C=C/C=C(B(O)O)\C(=C/C=C)CNCCC.CC. The van der Waals surface area contributed by atoms with Crippen LogP contribution < -0.4 is 5.32 Å². The Labute approximate surface area is 112 Å². The van der Waals surface area contributed by atoms with Crippen molar-refractivity contribution in [1.29, 1.82) is 0 Å². The lowest BCUT2D eigenvalue weighted by Gasteiger charge is -2.11. The lowest BCUT2D eigenvalue weighted by Crippen LogP contribution is -2.24. The van der Waals surface area contributed by atoms with Gasteiger partial charge in [-0.3, -0.25) is 0 Å². The molecule has 0 rings (SSSR count). The Morgan fingerprint density at radius 2 is 1.72 bits per heavy atom. The van der Waals surface area contributed by atoms with Crippen LogP contribution in [0.2, 0.25) is 0 Å². The van der Waals surface area contributed by atoms with E-state index in [0.717, 1.165) is 18.5 Å². The summed E-state index contributed by atoms with van der Waals surface area (Å²) in [6.07, 6.45) is 7.54. The van der Waals surface area contributed by atoms with Crippen molar-refractivity contribution in [3.63, 3.8) is 0 Å². The minimum Gasteiger partial charge on any atom is -0.423 e. The van der Waals surface area contributed by atoms with Crippen molar-refractivity contribution in [2.45, 2.75) is 27.2 Å². The summed E-state index contributed by atoms with van der Waals surface area (Å²) in [6.45, 7) is 14.7. The van der Waals surface area contributed by atoms with Gasteiger partial charge in [-0.25, -0.2) is 0 Å². The number of hydrogen-bond donors (Lipinski definition) is 3. The van der Waals surface area contributed by atoms with Crippen LogP contribution in [-0.2, 0) is 0 Å². The van der Waals surface area contributed by atoms with Crippen LogP contribution >= 0.6 is 0 Å². The molecule has 0 saturated carbocycles. The van der Waals surface area contributed by atoms with E-state index in [9.17, 15) is 10.0 Å². The highest BCUT2D eigenvalue weighted by molar-refractivity contribution is 6.52. The molecular formula is C14H26BNO2. The molecule has 0 aromatic carbocycles. The monoisotopic (exact) mass is 251 g/mol. The van der Waals surface area contributed by atoms with Gasteiger partial charge >= 0.3 is 7.12 Å². The Hall–Kier alpha value is -1.10. The highest BCUT2D eigenvalue weighted by Gasteiger charge is 2.17. The molecule has 3 N–H and O–H groups in total. The molecule has 0 radical (unpaired) electrons. The first kappa shape index (κ1) is 19.2. The van der Waals surface area contributed by atoms with E-state index in [4.69, 9.17) is 0 Å². The van der Waals surface area contributed by atoms with Gasteiger partial charge in [0.15, 0.2) is 0 Å². The largest absolute Gasteiger partial charge is 0.488 e. The zero-order valence-corrected chi connectivity index (χ0v) is 11.8. The third kappa shape index (κ3) is 8.99. The highest BCUT2D eigenvalue weighted by atomic mass is 16.4. The zero-order chi connectivity index (χ0) is 14.4. The molecule has 0 saturated heterocycles. The van der Waals surface area contributed by atoms with E-state index in [1.807, 2.05) is 13.8 Å². The van der Waals surface area contributed by atoms with Crippen molar-refractivity contribution < 1.29 is 10.0 Å². The first-order chi connectivity index (χ1) is 8.67. The van der Waals surface area contributed by atoms with Crippen molar-refractivity contribution in [1.82, 2.24) is 5.32 Å². The van der Waals surface area contributed by atoms with E-state index in [2.05, 4.69) is 25.4 Å². The van der Waals surface area contributed by atoms with Gasteiger partial charge in [0.25, 0.3) is 0 Å². The number of allylic oxidation sites excluding steroid dienone is 4. The van der Waals surface area contributed by atoms with E-state index in [-0.39, 0.29) is 0 Å². The van der Waals surface area contributed by atoms with Gasteiger partial charge in [-0.1, -0.05) is 58.2 Å². The molecule has 4 heteroatoms. The van der Waals surface area contributed by atoms with Gasteiger partial charge in [-0.2, -0.15) is 0 Å². The second-order valence-electron chi connectivity index (χ2n) is 3.34. The standard InChI is InChI=1S/C12H20BNO2.C2H6/c1-4-7-11(10-14-9-6-3)12(8-5-2)13(15)16;1-2/h4-5,7-8,14-16H,1-2,6,9-10H2,3H3;1-2H3/b11-7-,12-8+;. The molecule has 0 amide bonds. The smallest absolute Gasteiger partial charge is 0.423 e. The normalized spacial score (nSPS) is 11.4. The molecule has 3 nitrogen and oxygen atoms in total. The minimum atomic E-state index is -1.49. The first-order valence-electron chi connectivity index (χ1n) is 6.38. The summed E-state index contributed by atoms with van der Waals surface area (Å²) in [5.74, 6) is 0. The average Bonchev–Trinajstić information content (AvgIpc) is 2.37. The number of rotatable bonds is 8. The summed E-state index contributed by atoms with van der Waals surface area (Å²) in [5, 5.41) is 21.7. The van der Waals surface area contributed by atoms with E-state index in [0.29, 0.717) is 12.0 Å². The highest BCUT2D eigenvalue weighted by Crippen LogP contribution is 2.11. The van der Waals surface area contributed by atoms with Crippen LogP contribution in [0, 0.1) is 0 Å². The molecule has 18 heavy (non-hydrogen) atoms. The molecule has 0 fully saturated rings. The summed E-state index contributed by atoms with van der Waals surface area (Å²) in [6, 6.07) is 0. The Balaban J connectivity index is 0. The summed E-state index contributed by atoms with van der Waals surface area (Å²) in [4.78, 5) is 0. The summed E-state index contributed by atoms with van der Waals surface area (Å²) in [5.41, 5.74) is 1.25. The van der Waals surface area contributed by atoms with Crippen LogP contribution in [0.5, 0.6) is 0 Å². The van der Waals surface area contributed by atoms with Crippen LogP contribution in [0.1, 0.15) is 27.2 Å². The van der Waals surface area contributed by atoms with E-state index in [1.165, 1.54) is 6.08 Å². The molecule has 0 unspecified atom stereocenters. The molecule has 0 atom stereocenters. The fourth-order valence-corrected chi connectivity index (χ4v) is 1.29. The molecule has 0 aliphatic heterocycles. The average molecular weight is 251 g/mol. The second-order valence-corrected chi connectivity index (χ2v) is 3.34. The Bertz CT molecular complexity index is 284. The minimum absolute atomic E-state index is 0.443. The molecule has 0 aliphatic carbocycles. The fraction of sp³-hybridized carbons (Fsp3) is 0.429. The van der Waals surface area contributed by atoms with Crippen molar-refractivity contribution in [2.24, 2.45) is 0 Å². The lowest BCUT2D eigenvalue weighted by molar-refractivity contribution is 0.419. The predicted molar refractivity (Wildman–Crippen MR) is 81.3 cm³/mol. The van der Waals surface area contributed by atoms with Crippen LogP contribution in [0.3, 0.4) is 0 Å². The van der Waals surface area contributed by atoms with Gasteiger partial charge in [0.2, 0.25) is 0 Å². The van der Waals surface area contributed by atoms with Crippen molar-refractivity contribution in [3.8, 4) is 0 Å². The van der Waals surface area contributed by atoms with E-state index >= 15 is 0 Å². The summed E-state index contributed by atoms with van der Waals surface area (Å²) < 4.78 is 0. The Kier molecular flexibility index (Phi) is 14.9. The zero-order valence-electron chi connectivity index (χ0n) is 11.8. The molecule has 0 spiro atoms. The topological polar surface area (TPSA) is 52.5 Å². The molecule has 0 heterocycles. The Morgan fingerprint density at radius 1 is 1.17 bits per heavy atom. The molecule has 0 aliphatic rings. The summed E-state index contributed by atoms with van der Waals surface area (Å²) >= 11 is 0. The molecular weight excluding hydrogens is 225 g/mol. The van der Waals surface area contributed by atoms with Gasteiger partial charge in [0.1, 0.15) is 0 Å². The van der Waals surface area contributed by atoms with Crippen LogP contribution in [0.15, 0.2) is 48.5 Å². The van der Waals surface area contributed by atoms with Crippen molar-refractivity contribution in [2.75, 3.05) is 13.1 Å². The lowest BCUT2D eigenvalue weighted by atomic mass is 9.74. The van der Waals surface area contributed by atoms with Gasteiger partial charge in [0, 0.05) is 6.54 Å². The molecule has 102 valence electrons. The number of nitrogens with one attached hydrogen (secondary N) is 1.